The van der Waals surface area contributed by atoms with Crippen LogP contribution in [-0.4, -0.2) is 47.1 Å². The molecule has 0 heterocycles. The minimum Gasteiger partial charge on any atom is -0.478 e. The molecule has 0 aromatic rings. The normalized spacial score (nSPS) is 15.0. The predicted molar refractivity (Wildman–Crippen MR) is 71.7 cm³/mol. The van der Waals surface area contributed by atoms with Crippen LogP contribution in [0.5, 0.6) is 0 Å². The first kappa shape index (κ1) is 25.1. The predicted octanol–water partition coefficient (Wildman–Crippen LogP) is 4.59. The van der Waals surface area contributed by atoms with Crippen molar-refractivity contribution in [1.82, 2.24) is 0 Å². The Balaban J connectivity index is 5.54. The zero-order valence-electron chi connectivity index (χ0n) is 13.6. The highest BCUT2D eigenvalue weighted by molar-refractivity contribution is 5.90. The summed E-state index contributed by atoms with van der Waals surface area (Å²) in [7, 11) is 0. The van der Waals surface area contributed by atoms with Gasteiger partial charge in [-0.25, -0.2) is 9.59 Å². The first-order chi connectivity index (χ1) is 12.0. The van der Waals surface area contributed by atoms with Gasteiger partial charge in [0.2, 0.25) is 0 Å². The molecule has 1 unspecified atom stereocenters. The molecular formula is C14H15F9O4. The van der Waals surface area contributed by atoms with E-state index in [1.54, 1.807) is 0 Å². The Hall–Kier alpha value is -1.95. The number of rotatable bonds is 10. The average molecular weight is 418 g/mol. The van der Waals surface area contributed by atoms with Gasteiger partial charge in [-0.2, -0.15) is 39.5 Å². The molecule has 0 saturated heterocycles. The summed E-state index contributed by atoms with van der Waals surface area (Å²) in [4.78, 5) is 21.5. The van der Waals surface area contributed by atoms with E-state index >= 15 is 0 Å². The molecule has 0 rings (SSSR count). The Bertz CT molecular complexity index is 555. The number of aliphatic carboxylic acids is 1. The second-order valence-electron chi connectivity index (χ2n) is 5.43. The molecular weight excluding hydrogens is 403 g/mol. The van der Waals surface area contributed by atoms with E-state index in [1.165, 1.54) is 6.92 Å². The lowest BCUT2D eigenvalue weighted by atomic mass is 9.96. The van der Waals surface area contributed by atoms with Crippen LogP contribution in [0.15, 0.2) is 12.2 Å². The monoisotopic (exact) mass is 418 g/mol. The van der Waals surface area contributed by atoms with Crippen LogP contribution >= 0.6 is 0 Å². The van der Waals surface area contributed by atoms with E-state index in [4.69, 9.17) is 5.11 Å². The van der Waals surface area contributed by atoms with Crippen molar-refractivity contribution >= 4 is 11.9 Å². The highest BCUT2D eigenvalue weighted by Crippen LogP contribution is 2.54. The molecule has 0 aliphatic heterocycles. The van der Waals surface area contributed by atoms with Crippen molar-refractivity contribution in [1.29, 1.82) is 0 Å². The fraction of sp³-hybridized carbons (Fsp3) is 0.714. The molecule has 0 amide bonds. The maximum absolute atomic E-state index is 13.6. The number of hydrogen-bond donors (Lipinski definition) is 1. The molecule has 1 atom stereocenters. The summed E-state index contributed by atoms with van der Waals surface area (Å²) in [6.45, 7) is 1.51. The van der Waals surface area contributed by atoms with Crippen molar-refractivity contribution < 1.29 is 58.9 Å². The largest absolute Gasteiger partial charge is 0.478 e. The molecule has 0 fully saturated rings. The summed E-state index contributed by atoms with van der Waals surface area (Å²) in [5, 5.41) is 8.29. The highest BCUT2D eigenvalue weighted by atomic mass is 19.4. The zero-order chi connectivity index (χ0) is 21.7. The highest BCUT2D eigenvalue weighted by Gasteiger charge is 2.81. The SMILES string of the molecule is CCCCC(CC(F)(F)C(F)(F)C(F)(F)C(F)(F)F)OC(=O)/C=C/C(=O)O. The average Bonchev–Trinajstić information content (AvgIpc) is 2.48. The number of ether oxygens (including phenoxy) is 1. The van der Waals surface area contributed by atoms with Crippen molar-refractivity contribution in [3.63, 3.8) is 0 Å². The van der Waals surface area contributed by atoms with Gasteiger partial charge in [0, 0.05) is 12.2 Å². The first-order valence-electron chi connectivity index (χ1n) is 7.31. The fourth-order valence-electron chi connectivity index (χ4n) is 1.80. The molecule has 1 N–H and O–H groups in total. The van der Waals surface area contributed by atoms with Gasteiger partial charge in [-0.15, -0.1) is 0 Å². The number of hydrogen-bond acceptors (Lipinski definition) is 3. The van der Waals surface area contributed by atoms with Gasteiger partial charge in [-0.05, 0) is 6.42 Å². The van der Waals surface area contributed by atoms with Crippen molar-refractivity contribution in [3.05, 3.63) is 12.2 Å². The maximum atomic E-state index is 13.6. The van der Waals surface area contributed by atoms with E-state index in [0.717, 1.165) is 0 Å². The summed E-state index contributed by atoms with van der Waals surface area (Å²) in [5.74, 6) is -22.9. The Morgan fingerprint density at radius 3 is 1.89 bits per heavy atom. The molecule has 27 heavy (non-hydrogen) atoms. The second kappa shape index (κ2) is 8.83. The summed E-state index contributed by atoms with van der Waals surface area (Å²) < 4.78 is 120. The minimum absolute atomic E-state index is 0.0160. The van der Waals surface area contributed by atoms with Gasteiger partial charge >= 0.3 is 35.9 Å². The molecule has 0 radical (unpaired) electrons. The van der Waals surface area contributed by atoms with Crippen LogP contribution in [0.4, 0.5) is 39.5 Å². The molecule has 0 aliphatic rings. The van der Waals surface area contributed by atoms with Gasteiger partial charge in [-0.1, -0.05) is 19.8 Å². The lowest BCUT2D eigenvalue weighted by Crippen LogP contribution is -2.61. The van der Waals surface area contributed by atoms with Gasteiger partial charge in [0.25, 0.3) is 0 Å². The summed E-state index contributed by atoms with van der Waals surface area (Å²) in [5.41, 5.74) is 0. The van der Waals surface area contributed by atoms with E-state index in [2.05, 4.69) is 4.74 Å². The molecule has 158 valence electrons. The third-order valence-electron chi connectivity index (χ3n) is 3.22. The van der Waals surface area contributed by atoms with E-state index in [1.807, 2.05) is 0 Å². The van der Waals surface area contributed by atoms with Crippen molar-refractivity contribution in [2.45, 2.75) is 62.7 Å². The van der Waals surface area contributed by atoms with Crippen LogP contribution in [-0.2, 0) is 14.3 Å². The topological polar surface area (TPSA) is 63.6 Å². The van der Waals surface area contributed by atoms with Gasteiger partial charge < -0.3 is 9.84 Å². The van der Waals surface area contributed by atoms with Gasteiger partial charge in [-0.3, -0.25) is 0 Å². The van der Waals surface area contributed by atoms with Crippen LogP contribution in [0.2, 0.25) is 0 Å². The Labute approximate surface area is 147 Å². The van der Waals surface area contributed by atoms with E-state index in [-0.39, 0.29) is 25.0 Å². The Morgan fingerprint density at radius 1 is 0.963 bits per heavy atom. The molecule has 0 bridgehead atoms. The van der Waals surface area contributed by atoms with Crippen molar-refractivity contribution in [2.75, 3.05) is 0 Å². The van der Waals surface area contributed by atoms with Crippen LogP contribution in [0.1, 0.15) is 32.6 Å². The van der Waals surface area contributed by atoms with Gasteiger partial charge in [0.15, 0.2) is 0 Å². The molecule has 13 heteroatoms. The van der Waals surface area contributed by atoms with Gasteiger partial charge in [0.05, 0.1) is 6.42 Å². The van der Waals surface area contributed by atoms with E-state index in [0.29, 0.717) is 0 Å². The molecule has 0 aliphatic carbocycles. The quantitative estimate of drug-likeness (QED) is 0.320. The minimum atomic E-state index is -7.04. The number of alkyl halides is 9. The van der Waals surface area contributed by atoms with Crippen LogP contribution in [0.3, 0.4) is 0 Å². The standard InChI is InChI=1S/C14H15F9O4/c1-2-3-4-8(27-10(26)6-5-9(24)25)7-11(15,16)12(17,18)13(19,20)14(21,22)23/h5-6,8H,2-4,7H2,1H3,(H,24,25)/b6-5+. The smallest absolute Gasteiger partial charge is 0.460 e. The Kier molecular flexibility index (Phi) is 8.19. The summed E-state index contributed by atoms with van der Waals surface area (Å²) >= 11 is 0. The lowest BCUT2D eigenvalue weighted by molar-refractivity contribution is -0.398. The molecule has 0 saturated carbocycles. The first-order valence-corrected chi connectivity index (χ1v) is 7.31. The second-order valence-corrected chi connectivity index (χ2v) is 5.43. The number of halogens is 9. The third-order valence-corrected chi connectivity index (χ3v) is 3.22. The number of carbonyl (C=O) groups excluding carboxylic acids is 1. The molecule has 4 nitrogen and oxygen atoms in total. The summed E-state index contributed by atoms with van der Waals surface area (Å²) in [6.07, 6.45) is -11.3. The van der Waals surface area contributed by atoms with Crippen LogP contribution in [0.25, 0.3) is 0 Å². The lowest BCUT2D eigenvalue weighted by Gasteiger charge is -2.35. The Morgan fingerprint density at radius 2 is 1.48 bits per heavy atom. The molecule has 0 aromatic heterocycles. The molecule has 0 spiro atoms. The van der Waals surface area contributed by atoms with Crippen LogP contribution < -0.4 is 0 Å². The third kappa shape index (κ3) is 6.31. The molecule has 0 aromatic carbocycles. The van der Waals surface area contributed by atoms with E-state index < -0.39 is 54.8 Å². The van der Waals surface area contributed by atoms with Crippen LogP contribution in [0, 0.1) is 0 Å². The number of carbonyl (C=O) groups is 2. The number of esters is 1. The van der Waals surface area contributed by atoms with Crippen molar-refractivity contribution in [3.8, 4) is 0 Å². The zero-order valence-corrected chi connectivity index (χ0v) is 13.6. The van der Waals surface area contributed by atoms with E-state index in [9.17, 15) is 49.1 Å². The van der Waals surface area contributed by atoms with Crippen molar-refractivity contribution in [2.24, 2.45) is 0 Å². The fourth-order valence-corrected chi connectivity index (χ4v) is 1.80. The number of unbranched alkanes of at least 4 members (excludes halogenated alkanes) is 1. The maximum Gasteiger partial charge on any atom is 0.460 e. The number of carboxylic acid groups (broad SMARTS) is 1. The summed E-state index contributed by atoms with van der Waals surface area (Å²) in [6, 6.07) is 0. The number of carboxylic acids is 1. The van der Waals surface area contributed by atoms with Gasteiger partial charge in [0.1, 0.15) is 6.10 Å².